The number of aromatic nitrogens is 4. The second-order valence-electron chi connectivity index (χ2n) is 9.63. The summed E-state index contributed by atoms with van der Waals surface area (Å²) in [6, 6.07) is 8.22. The lowest BCUT2D eigenvalue weighted by atomic mass is 10.1. The normalized spacial score (nSPS) is 17.3. The summed E-state index contributed by atoms with van der Waals surface area (Å²) in [4.78, 5) is 36.0. The van der Waals surface area contributed by atoms with Crippen molar-refractivity contribution in [1.82, 2.24) is 40.0 Å². The van der Waals surface area contributed by atoms with E-state index in [0.29, 0.717) is 19.6 Å². The van der Waals surface area contributed by atoms with Crippen LogP contribution in [0.1, 0.15) is 12.1 Å². The van der Waals surface area contributed by atoms with Gasteiger partial charge in [0.15, 0.2) is 0 Å². The maximum atomic E-state index is 12.7. The number of hydrogen-bond donors (Lipinski definition) is 3. The first kappa shape index (κ1) is 23.8. The van der Waals surface area contributed by atoms with Gasteiger partial charge >= 0.3 is 6.03 Å². The molecule has 2 aliphatic heterocycles. The number of fused-ring (bicyclic) bond motifs is 2. The van der Waals surface area contributed by atoms with Gasteiger partial charge in [-0.3, -0.25) is 4.90 Å². The maximum Gasteiger partial charge on any atom is 0.317 e. The Morgan fingerprint density at radius 3 is 2.84 bits per heavy atom. The zero-order valence-corrected chi connectivity index (χ0v) is 21.7. The summed E-state index contributed by atoms with van der Waals surface area (Å²) >= 11 is 1.62. The van der Waals surface area contributed by atoms with Crippen LogP contribution in [0.15, 0.2) is 42.2 Å². The van der Waals surface area contributed by atoms with E-state index < -0.39 is 0 Å². The van der Waals surface area contributed by atoms with Crippen molar-refractivity contribution in [1.29, 1.82) is 0 Å². The van der Waals surface area contributed by atoms with Crippen molar-refractivity contribution in [3.05, 3.63) is 47.9 Å². The van der Waals surface area contributed by atoms with Crippen LogP contribution < -0.4 is 10.6 Å². The fraction of sp³-hybridized carbons (Fsp3) is 0.385. The predicted octanol–water partition coefficient (Wildman–Crippen LogP) is 3.36. The highest BCUT2D eigenvalue weighted by molar-refractivity contribution is 7.16. The smallest absolute Gasteiger partial charge is 0.317 e. The first-order chi connectivity index (χ1) is 18.1. The number of likely N-dealkylation sites (N-methyl/N-ethyl adjacent to an activating group) is 1. The molecule has 0 aliphatic carbocycles. The molecule has 1 saturated heterocycles. The molecule has 0 bridgehead atoms. The highest BCUT2D eigenvalue weighted by atomic mass is 32.1. The number of nitrogens with one attached hydrogen (secondary N) is 3. The molecule has 0 unspecified atom stereocenters. The molecule has 2 aliphatic rings. The van der Waals surface area contributed by atoms with Crippen molar-refractivity contribution in [2.45, 2.75) is 6.42 Å². The van der Waals surface area contributed by atoms with Crippen molar-refractivity contribution in [2.24, 2.45) is 0 Å². The van der Waals surface area contributed by atoms with E-state index in [0.717, 1.165) is 77.6 Å². The van der Waals surface area contributed by atoms with Gasteiger partial charge in [-0.2, -0.15) is 0 Å². The van der Waals surface area contributed by atoms with Crippen LogP contribution in [-0.4, -0.2) is 100 Å². The monoisotopic (exact) mass is 517 g/mol. The third-order valence-corrected chi connectivity index (χ3v) is 7.95. The molecule has 0 saturated carbocycles. The van der Waals surface area contributed by atoms with E-state index in [9.17, 15) is 4.79 Å². The Morgan fingerprint density at radius 2 is 2.00 bits per heavy atom. The molecule has 3 aromatic heterocycles. The minimum atomic E-state index is 0.0105. The van der Waals surface area contributed by atoms with Gasteiger partial charge in [-0.15, -0.1) is 11.3 Å². The van der Waals surface area contributed by atoms with Gasteiger partial charge in [0.2, 0.25) is 0 Å². The molecule has 2 amide bonds. The number of anilines is 2. The first-order valence-electron chi connectivity index (χ1n) is 12.7. The van der Waals surface area contributed by atoms with E-state index in [-0.39, 0.29) is 6.03 Å². The van der Waals surface area contributed by atoms with Gasteiger partial charge in [0, 0.05) is 63.7 Å². The van der Waals surface area contributed by atoms with Crippen LogP contribution in [0.5, 0.6) is 0 Å². The summed E-state index contributed by atoms with van der Waals surface area (Å²) in [5.74, 6) is 0.758. The molecule has 1 aromatic carbocycles. The number of carbonyl (C=O) groups is 1. The van der Waals surface area contributed by atoms with Gasteiger partial charge in [0.25, 0.3) is 0 Å². The highest BCUT2D eigenvalue weighted by Crippen LogP contribution is 2.30. The van der Waals surface area contributed by atoms with Gasteiger partial charge < -0.3 is 25.4 Å². The minimum absolute atomic E-state index is 0.0105. The zero-order chi connectivity index (χ0) is 25.2. The lowest BCUT2D eigenvalue weighted by Crippen LogP contribution is -2.48. The Labute approximate surface area is 219 Å². The highest BCUT2D eigenvalue weighted by Gasteiger charge is 2.20. The number of benzene rings is 1. The van der Waals surface area contributed by atoms with Crippen LogP contribution in [0.25, 0.3) is 26.8 Å². The van der Waals surface area contributed by atoms with Gasteiger partial charge in [0.1, 0.15) is 17.8 Å². The number of aromatic amines is 1. The Morgan fingerprint density at radius 1 is 1.11 bits per heavy atom. The topological polar surface area (TPSA) is 105 Å². The van der Waals surface area contributed by atoms with Gasteiger partial charge in [-0.1, -0.05) is 6.08 Å². The van der Waals surface area contributed by atoms with Crippen LogP contribution in [0, 0.1) is 0 Å². The van der Waals surface area contributed by atoms with Gasteiger partial charge in [-0.05, 0) is 43.3 Å². The van der Waals surface area contributed by atoms with Gasteiger partial charge in [0.05, 0.1) is 21.1 Å². The Kier molecular flexibility index (Phi) is 6.73. The Balaban J connectivity index is 1.08. The van der Waals surface area contributed by atoms with E-state index in [2.05, 4.69) is 65.6 Å². The standard InChI is InChI=1S/C26H31N9OS/c1-33-10-12-34(13-11-33)9-6-27-26(36)35-7-4-18(5-8-35)22-15-20-24(28-16-29-25(20)32-22)31-19-2-3-21-23(14-19)37-17-30-21/h2-4,14-17H,5-13H2,1H3,(H,27,36)(H2,28,29,31,32). The van der Waals surface area contributed by atoms with E-state index in [1.54, 1.807) is 17.7 Å². The third-order valence-electron chi connectivity index (χ3n) is 7.16. The molecule has 192 valence electrons. The molecule has 6 rings (SSSR count). The number of thiazole rings is 1. The average Bonchev–Trinajstić information content (AvgIpc) is 3.57. The largest absolute Gasteiger partial charge is 0.340 e. The van der Waals surface area contributed by atoms with Crippen LogP contribution >= 0.6 is 11.3 Å². The summed E-state index contributed by atoms with van der Waals surface area (Å²) in [5, 5.41) is 7.46. The molecule has 0 radical (unpaired) electrons. The Hall–Kier alpha value is -3.54. The molecule has 11 heteroatoms. The second kappa shape index (κ2) is 10.4. The average molecular weight is 518 g/mol. The number of amides is 2. The summed E-state index contributed by atoms with van der Waals surface area (Å²) in [6.07, 6.45) is 4.49. The molecule has 1 fully saturated rings. The second-order valence-corrected chi connectivity index (χ2v) is 10.5. The SMILES string of the molecule is CN1CCN(CCNC(=O)N2CC=C(c3cc4c(Nc5ccc6ncsc6c5)ncnc4[nH]3)CC2)CC1. The van der Waals surface area contributed by atoms with E-state index in [1.165, 1.54) is 5.57 Å². The summed E-state index contributed by atoms with van der Waals surface area (Å²) < 4.78 is 1.13. The van der Waals surface area contributed by atoms with Gasteiger partial charge in [-0.25, -0.2) is 19.7 Å². The summed E-state index contributed by atoms with van der Waals surface area (Å²) in [7, 11) is 2.15. The number of hydrogen-bond acceptors (Lipinski definition) is 8. The first-order valence-corrected chi connectivity index (χ1v) is 13.6. The van der Waals surface area contributed by atoms with Crippen LogP contribution in [0.4, 0.5) is 16.3 Å². The number of H-pyrrole nitrogens is 1. The number of piperazine rings is 1. The van der Waals surface area contributed by atoms with Crippen molar-refractivity contribution in [2.75, 3.05) is 64.7 Å². The quantitative estimate of drug-likeness (QED) is 0.360. The van der Waals surface area contributed by atoms with E-state index in [1.807, 2.05) is 22.5 Å². The van der Waals surface area contributed by atoms with Crippen LogP contribution in [0.3, 0.4) is 0 Å². The number of nitrogens with zero attached hydrogens (tertiary/aromatic N) is 6. The number of urea groups is 1. The van der Waals surface area contributed by atoms with Crippen molar-refractivity contribution in [3.63, 3.8) is 0 Å². The van der Waals surface area contributed by atoms with Crippen molar-refractivity contribution < 1.29 is 4.79 Å². The number of rotatable bonds is 6. The van der Waals surface area contributed by atoms with Crippen LogP contribution in [-0.2, 0) is 0 Å². The molecule has 0 spiro atoms. The fourth-order valence-corrected chi connectivity index (χ4v) is 5.60. The molecule has 5 heterocycles. The lowest BCUT2D eigenvalue weighted by Gasteiger charge is -2.32. The zero-order valence-electron chi connectivity index (χ0n) is 20.9. The lowest BCUT2D eigenvalue weighted by molar-refractivity contribution is 0.153. The van der Waals surface area contributed by atoms with E-state index >= 15 is 0 Å². The Bertz CT molecular complexity index is 1440. The molecule has 37 heavy (non-hydrogen) atoms. The van der Waals surface area contributed by atoms with E-state index in [4.69, 9.17) is 0 Å². The molecular weight excluding hydrogens is 486 g/mol. The number of carbonyl (C=O) groups excluding carboxylic acids is 1. The molecule has 0 atom stereocenters. The summed E-state index contributed by atoms with van der Waals surface area (Å²) in [6.45, 7) is 7.18. The van der Waals surface area contributed by atoms with Crippen molar-refractivity contribution >= 4 is 55.7 Å². The van der Waals surface area contributed by atoms with Crippen LogP contribution in [0.2, 0.25) is 0 Å². The minimum Gasteiger partial charge on any atom is -0.340 e. The molecule has 3 N–H and O–H groups in total. The predicted molar refractivity (Wildman–Crippen MR) is 148 cm³/mol. The molecule has 4 aromatic rings. The fourth-order valence-electron chi connectivity index (χ4n) is 4.88. The molecule has 10 nitrogen and oxygen atoms in total. The summed E-state index contributed by atoms with van der Waals surface area (Å²) in [5.41, 5.74) is 6.81. The third kappa shape index (κ3) is 5.29. The molecular formula is C26H31N9OS. The van der Waals surface area contributed by atoms with Crippen molar-refractivity contribution in [3.8, 4) is 0 Å². The maximum absolute atomic E-state index is 12.7.